The van der Waals surface area contributed by atoms with Crippen molar-refractivity contribution in [3.05, 3.63) is 11.1 Å². The van der Waals surface area contributed by atoms with Gasteiger partial charge >= 0.3 is 0 Å². The van der Waals surface area contributed by atoms with E-state index in [2.05, 4.69) is 4.98 Å². The molecule has 0 unspecified atom stereocenters. The lowest BCUT2D eigenvalue weighted by Crippen LogP contribution is -2.32. The fourth-order valence-corrected chi connectivity index (χ4v) is 3.09. The molecule has 1 aromatic rings. The Morgan fingerprint density at radius 1 is 1.53 bits per heavy atom. The van der Waals surface area contributed by atoms with Crippen LogP contribution in [-0.2, 0) is 0 Å². The number of nitrogens with zero attached hydrogens (tertiary/aromatic N) is 2. The lowest BCUT2D eigenvalue weighted by Gasteiger charge is -2.26. The third-order valence-corrected chi connectivity index (χ3v) is 4.15. The first-order chi connectivity index (χ1) is 8.16. The molecule has 1 aliphatic carbocycles. The number of nitrogen functional groups attached to an aromatic ring is 1. The minimum absolute atomic E-state index is 0.0461. The summed E-state index contributed by atoms with van der Waals surface area (Å²) in [6.07, 6.45) is 8.03. The Balaban J connectivity index is 1.90. The molecular formula is C12H19N3OS. The highest BCUT2D eigenvalue weighted by Gasteiger charge is 2.20. The van der Waals surface area contributed by atoms with E-state index in [4.69, 9.17) is 5.73 Å². The number of anilines is 1. The van der Waals surface area contributed by atoms with Gasteiger partial charge in [-0.05, 0) is 18.8 Å². The summed E-state index contributed by atoms with van der Waals surface area (Å²) in [7, 11) is 1.87. The Bertz CT molecular complexity index is 385. The fourth-order valence-electron chi connectivity index (χ4n) is 2.41. The first-order valence-corrected chi connectivity index (χ1v) is 6.95. The number of amides is 1. The van der Waals surface area contributed by atoms with Crippen molar-refractivity contribution in [1.82, 2.24) is 9.88 Å². The fraction of sp³-hybridized carbons (Fsp3) is 0.667. The molecule has 0 aliphatic heterocycles. The van der Waals surface area contributed by atoms with Gasteiger partial charge in [-0.1, -0.05) is 30.6 Å². The van der Waals surface area contributed by atoms with Gasteiger partial charge in [0.05, 0.1) is 6.20 Å². The van der Waals surface area contributed by atoms with Crippen LogP contribution < -0.4 is 5.73 Å². The van der Waals surface area contributed by atoms with E-state index in [9.17, 15) is 4.79 Å². The zero-order chi connectivity index (χ0) is 12.3. The van der Waals surface area contributed by atoms with Gasteiger partial charge in [0.2, 0.25) is 0 Å². The average molecular weight is 253 g/mol. The molecule has 2 N–H and O–H groups in total. The van der Waals surface area contributed by atoms with Gasteiger partial charge < -0.3 is 10.6 Å². The number of hydrogen-bond acceptors (Lipinski definition) is 4. The summed E-state index contributed by atoms with van der Waals surface area (Å²) < 4.78 is 0. The van der Waals surface area contributed by atoms with Crippen LogP contribution in [0.15, 0.2) is 6.20 Å². The van der Waals surface area contributed by atoms with E-state index in [-0.39, 0.29) is 5.91 Å². The van der Waals surface area contributed by atoms with Gasteiger partial charge in [-0.2, -0.15) is 0 Å². The second-order valence-corrected chi connectivity index (χ2v) is 5.81. The van der Waals surface area contributed by atoms with Gasteiger partial charge in [-0.15, -0.1) is 0 Å². The zero-order valence-electron chi connectivity index (χ0n) is 10.2. The molecule has 2 rings (SSSR count). The molecule has 0 radical (unpaired) electrons. The molecule has 94 valence electrons. The van der Waals surface area contributed by atoms with Gasteiger partial charge in [0, 0.05) is 13.6 Å². The first kappa shape index (κ1) is 12.4. The van der Waals surface area contributed by atoms with E-state index in [1.807, 2.05) is 11.9 Å². The second kappa shape index (κ2) is 5.49. The van der Waals surface area contributed by atoms with Crippen LogP contribution >= 0.6 is 11.3 Å². The predicted octanol–water partition coefficient (Wildman–Crippen LogP) is 2.38. The van der Waals surface area contributed by atoms with Gasteiger partial charge in [0.1, 0.15) is 4.88 Å². The molecular weight excluding hydrogens is 234 g/mol. The SMILES string of the molecule is CN(CC1CCCCC1)C(=O)c1cnc(N)s1. The summed E-state index contributed by atoms with van der Waals surface area (Å²) in [5.41, 5.74) is 5.54. The van der Waals surface area contributed by atoms with Crippen LogP contribution in [0.25, 0.3) is 0 Å². The molecule has 1 fully saturated rings. The highest BCUT2D eigenvalue weighted by Crippen LogP contribution is 2.25. The molecule has 0 saturated heterocycles. The summed E-state index contributed by atoms with van der Waals surface area (Å²) >= 11 is 1.26. The Morgan fingerprint density at radius 2 is 2.24 bits per heavy atom. The number of nitrogens with two attached hydrogens (primary N) is 1. The van der Waals surface area contributed by atoms with E-state index >= 15 is 0 Å². The minimum atomic E-state index is 0.0461. The maximum atomic E-state index is 12.1. The number of thiazole rings is 1. The van der Waals surface area contributed by atoms with Crippen molar-refractivity contribution < 1.29 is 4.79 Å². The lowest BCUT2D eigenvalue weighted by atomic mass is 9.89. The molecule has 1 heterocycles. The van der Waals surface area contributed by atoms with Crippen molar-refractivity contribution >= 4 is 22.4 Å². The maximum absolute atomic E-state index is 12.1. The summed E-state index contributed by atoms with van der Waals surface area (Å²) in [5, 5.41) is 0.458. The Labute approximate surface area is 106 Å². The van der Waals surface area contributed by atoms with Crippen LogP contribution in [0.3, 0.4) is 0 Å². The monoisotopic (exact) mass is 253 g/mol. The van der Waals surface area contributed by atoms with E-state index in [0.717, 1.165) is 6.54 Å². The summed E-state index contributed by atoms with van der Waals surface area (Å²) in [6.45, 7) is 0.858. The van der Waals surface area contributed by atoms with E-state index in [1.165, 1.54) is 43.4 Å². The normalized spacial score (nSPS) is 17.0. The Morgan fingerprint density at radius 3 is 2.82 bits per heavy atom. The predicted molar refractivity (Wildman–Crippen MR) is 70.1 cm³/mol. The molecule has 1 amide bonds. The zero-order valence-corrected chi connectivity index (χ0v) is 11.0. The summed E-state index contributed by atoms with van der Waals surface area (Å²) in [4.78, 5) is 18.4. The number of hydrogen-bond donors (Lipinski definition) is 1. The summed E-state index contributed by atoms with van der Waals surface area (Å²) in [5.74, 6) is 0.716. The smallest absolute Gasteiger partial charge is 0.265 e. The highest BCUT2D eigenvalue weighted by molar-refractivity contribution is 7.17. The van der Waals surface area contributed by atoms with Gasteiger partial charge in [-0.3, -0.25) is 4.79 Å². The third-order valence-electron chi connectivity index (χ3n) is 3.34. The summed E-state index contributed by atoms with van der Waals surface area (Å²) in [6, 6.07) is 0. The Hall–Kier alpha value is -1.10. The first-order valence-electron chi connectivity index (χ1n) is 6.13. The van der Waals surface area contributed by atoms with Crippen molar-refractivity contribution in [2.45, 2.75) is 32.1 Å². The quantitative estimate of drug-likeness (QED) is 0.899. The lowest BCUT2D eigenvalue weighted by molar-refractivity contribution is 0.0765. The van der Waals surface area contributed by atoms with Crippen molar-refractivity contribution in [2.24, 2.45) is 5.92 Å². The molecule has 5 heteroatoms. The van der Waals surface area contributed by atoms with Crippen LogP contribution in [0.2, 0.25) is 0 Å². The van der Waals surface area contributed by atoms with E-state index in [0.29, 0.717) is 15.9 Å². The number of carbonyl (C=O) groups is 1. The molecule has 1 aliphatic rings. The van der Waals surface area contributed by atoms with Crippen LogP contribution in [-0.4, -0.2) is 29.4 Å². The van der Waals surface area contributed by atoms with E-state index < -0.39 is 0 Å². The van der Waals surface area contributed by atoms with Crippen LogP contribution in [0, 0.1) is 5.92 Å². The molecule has 0 bridgehead atoms. The van der Waals surface area contributed by atoms with Crippen LogP contribution in [0.4, 0.5) is 5.13 Å². The Kier molecular flexibility index (Phi) is 3.99. The van der Waals surface area contributed by atoms with Crippen molar-refractivity contribution in [1.29, 1.82) is 0 Å². The van der Waals surface area contributed by atoms with Gasteiger partial charge in [0.25, 0.3) is 5.91 Å². The standard InChI is InChI=1S/C12H19N3OS/c1-15(8-9-5-3-2-4-6-9)11(16)10-7-14-12(13)17-10/h7,9H,2-6,8H2,1H3,(H2,13,14). The maximum Gasteiger partial charge on any atom is 0.265 e. The van der Waals surface area contributed by atoms with Crippen LogP contribution in [0.5, 0.6) is 0 Å². The topological polar surface area (TPSA) is 59.2 Å². The van der Waals surface area contributed by atoms with E-state index in [1.54, 1.807) is 6.20 Å². The number of carbonyl (C=O) groups excluding carboxylic acids is 1. The minimum Gasteiger partial charge on any atom is -0.375 e. The van der Waals surface area contributed by atoms with Crippen LogP contribution in [0.1, 0.15) is 41.8 Å². The highest BCUT2D eigenvalue weighted by atomic mass is 32.1. The molecule has 4 nitrogen and oxygen atoms in total. The largest absolute Gasteiger partial charge is 0.375 e. The number of rotatable bonds is 3. The molecule has 0 spiro atoms. The molecule has 17 heavy (non-hydrogen) atoms. The molecule has 1 saturated carbocycles. The second-order valence-electron chi connectivity index (χ2n) is 4.75. The average Bonchev–Trinajstić information content (AvgIpc) is 2.76. The molecule has 0 aromatic carbocycles. The molecule has 0 atom stereocenters. The van der Waals surface area contributed by atoms with Gasteiger partial charge in [0.15, 0.2) is 5.13 Å². The third kappa shape index (κ3) is 3.19. The van der Waals surface area contributed by atoms with Crippen molar-refractivity contribution in [2.75, 3.05) is 19.3 Å². The van der Waals surface area contributed by atoms with Crippen molar-refractivity contribution in [3.8, 4) is 0 Å². The van der Waals surface area contributed by atoms with Gasteiger partial charge in [-0.25, -0.2) is 4.98 Å². The number of aromatic nitrogens is 1. The van der Waals surface area contributed by atoms with Crippen molar-refractivity contribution in [3.63, 3.8) is 0 Å². The molecule has 1 aromatic heterocycles.